The monoisotopic (exact) mass is 463 g/mol. The Morgan fingerprint density at radius 2 is 1.82 bits per heavy atom. The Hall–Kier alpha value is -3.59. The number of nitrogens with zero attached hydrogens (tertiary/aromatic N) is 4. The van der Waals surface area contributed by atoms with E-state index >= 15 is 0 Å². The molecule has 0 aliphatic heterocycles. The van der Waals surface area contributed by atoms with Crippen molar-refractivity contribution in [1.29, 1.82) is 0 Å². The smallest absolute Gasteiger partial charge is 0.295 e. The van der Waals surface area contributed by atoms with Crippen LogP contribution < -0.4 is 10.9 Å². The maximum atomic E-state index is 12.9. The SMILES string of the molecule is Cc1ccc(-c2noc(CSCCC(=O)Nc3c(C)n(C)n(-c4ccccc4)c3=O)n2)cc1. The van der Waals surface area contributed by atoms with Crippen LogP contribution in [0.5, 0.6) is 0 Å². The van der Waals surface area contributed by atoms with Gasteiger partial charge in [-0.15, -0.1) is 0 Å². The van der Waals surface area contributed by atoms with E-state index in [1.807, 2.05) is 68.4 Å². The second-order valence-corrected chi connectivity index (χ2v) is 8.77. The van der Waals surface area contributed by atoms with Gasteiger partial charge in [-0.25, -0.2) is 4.68 Å². The molecular weight excluding hydrogens is 438 g/mol. The molecule has 0 aliphatic carbocycles. The predicted octanol–water partition coefficient (Wildman–Crippen LogP) is 4.10. The Morgan fingerprint density at radius 1 is 1.09 bits per heavy atom. The zero-order chi connectivity index (χ0) is 23.4. The van der Waals surface area contributed by atoms with Crippen molar-refractivity contribution >= 4 is 23.4 Å². The molecule has 2 heterocycles. The third-order valence-electron chi connectivity index (χ3n) is 5.30. The van der Waals surface area contributed by atoms with Gasteiger partial charge >= 0.3 is 0 Å². The first-order valence-corrected chi connectivity index (χ1v) is 11.7. The number of amides is 1. The molecule has 0 atom stereocenters. The normalized spacial score (nSPS) is 11.0. The summed E-state index contributed by atoms with van der Waals surface area (Å²) in [5, 5.41) is 6.80. The molecule has 4 aromatic rings. The number of carbonyl (C=O) groups excluding carboxylic acids is 1. The first-order valence-electron chi connectivity index (χ1n) is 10.6. The van der Waals surface area contributed by atoms with Crippen molar-refractivity contribution in [3.63, 3.8) is 0 Å². The minimum absolute atomic E-state index is 0.209. The highest BCUT2D eigenvalue weighted by Crippen LogP contribution is 2.19. The first-order chi connectivity index (χ1) is 15.9. The highest BCUT2D eigenvalue weighted by Gasteiger charge is 2.18. The molecule has 0 spiro atoms. The van der Waals surface area contributed by atoms with E-state index in [9.17, 15) is 9.59 Å². The average Bonchev–Trinajstić information content (AvgIpc) is 3.37. The molecular formula is C24H25N5O3S. The van der Waals surface area contributed by atoms with Gasteiger partial charge in [0.25, 0.3) is 5.56 Å². The highest BCUT2D eigenvalue weighted by molar-refractivity contribution is 7.98. The zero-order valence-corrected chi connectivity index (χ0v) is 19.6. The molecule has 0 saturated heterocycles. The molecule has 0 saturated carbocycles. The number of para-hydroxylation sites is 1. The van der Waals surface area contributed by atoms with Crippen molar-refractivity contribution < 1.29 is 9.32 Å². The lowest BCUT2D eigenvalue weighted by molar-refractivity contribution is -0.115. The van der Waals surface area contributed by atoms with Crippen molar-refractivity contribution in [1.82, 2.24) is 19.5 Å². The number of thioether (sulfide) groups is 1. The van der Waals surface area contributed by atoms with Crippen LogP contribution in [0.3, 0.4) is 0 Å². The number of rotatable bonds is 8. The van der Waals surface area contributed by atoms with E-state index in [4.69, 9.17) is 4.52 Å². The van der Waals surface area contributed by atoms with E-state index in [1.165, 1.54) is 17.3 Å². The highest BCUT2D eigenvalue weighted by atomic mass is 32.2. The lowest BCUT2D eigenvalue weighted by Gasteiger charge is -2.07. The van der Waals surface area contributed by atoms with Gasteiger partial charge in [0.05, 0.1) is 17.1 Å². The minimum Gasteiger partial charge on any atom is -0.338 e. The lowest BCUT2D eigenvalue weighted by atomic mass is 10.1. The van der Waals surface area contributed by atoms with E-state index in [2.05, 4.69) is 15.5 Å². The van der Waals surface area contributed by atoms with Crippen LogP contribution in [0, 0.1) is 13.8 Å². The first kappa shape index (κ1) is 22.6. The van der Waals surface area contributed by atoms with E-state index in [0.717, 1.165) is 11.3 Å². The molecule has 9 heteroatoms. The Morgan fingerprint density at radius 3 is 2.55 bits per heavy atom. The Kier molecular flexibility index (Phi) is 6.79. The Labute approximate surface area is 195 Å². The molecule has 8 nitrogen and oxygen atoms in total. The summed E-state index contributed by atoms with van der Waals surface area (Å²) in [6, 6.07) is 17.2. The number of hydrogen-bond acceptors (Lipinski definition) is 6. The van der Waals surface area contributed by atoms with Crippen LogP contribution in [0.1, 0.15) is 23.6 Å². The van der Waals surface area contributed by atoms with Crippen LogP contribution in [0.25, 0.3) is 17.1 Å². The molecule has 1 amide bonds. The van der Waals surface area contributed by atoms with Crippen LogP contribution >= 0.6 is 11.8 Å². The Bertz CT molecular complexity index is 1310. The summed E-state index contributed by atoms with van der Waals surface area (Å²) in [4.78, 5) is 29.8. The minimum atomic E-state index is -0.253. The second-order valence-electron chi connectivity index (χ2n) is 7.67. The predicted molar refractivity (Wildman–Crippen MR) is 130 cm³/mol. The van der Waals surface area contributed by atoms with Gasteiger partial charge in [0.2, 0.25) is 17.6 Å². The second kappa shape index (κ2) is 9.91. The number of anilines is 1. The van der Waals surface area contributed by atoms with Crippen LogP contribution in [0.4, 0.5) is 5.69 Å². The quantitative estimate of drug-likeness (QED) is 0.395. The molecule has 0 radical (unpaired) electrons. The number of aryl methyl sites for hydroxylation is 1. The lowest BCUT2D eigenvalue weighted by Crippen LogP contribution is -2.23. The van der Waals surface area contributed by atoms with Crippen LogP contribution in [-0.2, 0) is 17.6 Å². The number of nitrogens with one attached hydrogen (secondary N) is 1. The maximum Gasteiger partial charge on any atom is 0.295 e. The molecule has 0 unspecified atom stereocenters. The number of carbonyl (C=O) groups is 1. The average molecular weight is 464 g/mol. The molecule has 4 rings (SSSR count). The fourth-order valence-electron chi connectivity index (χ4n) is 3.37. The summed E-state index contributed by atoms with van der Waals surface area (Å²) in [5.41, 5.74) is 3.56. The molecule has 0 fully saturated rings. The van der Waals surface area contributed by atoms with E-state index in [0.29, 0.717) is 34.6 Å². The van der Waals surface area contributed by atoms with Gasteiger partial charge in [-0.3, -0.25) is 14.3 Å². The largest absolute Gasteiger partial charge is 0.338 e. The zero-order valence-electron chi connectivity index (χ0n) is 18.7. The van der Waals surface area contributed by atoms with Gasteiger partial charge in [-0.1, -0.05) is 53.2 Å². The van der Waals surface area contributed by atoms with Crippen molar-refractivity contribution in [2.24, 2.45) is 7.05 Å². The number of aromatic nitrogens is 4. The summed E-state index contributed by atoms with van der Waals surface area (Å²) in [6.45, 7) is 3.84. The summed E-state index contributed by atoms with van der Waals surface area (Å²) >= 11 is 1.52. The summed E-state index contributed by atoms with van der Waals surface area (Å²) in [6.07, 6.45) is 0.267. The maximum absolute atomic E-state index is 12.9. The van der Waals surface area contributed by atoms with Crippen molar-refractivity contribution in [2.75, 3.05) is 11.1 Å². The van der Waals surface area contributed by atoms with Crippen LogP contribution in [0.2, 0.25) is 0 Å². The van der Waals surface area contributed by atoms with Crippen molar-refractivity contribution in [2.45, 2.75) is 26.0 Å². The topological polar surface area (TPSA) is 95.0 Å². The van der Waals surface area contributed by atoms with Gasteiger partial charge in [-0.05, 0) is 26.0 Å². The van der Waals surface area contributed by atoms with Gasteiger partial charge in [0, 0.05) is 24.8 Å². The fourth-order valence-corrected chi connectivity index (χ4v) is 4.14. The van der Waals surface area contributed by atoms with E-state index < -0.39 is 0 Å². The fraction of sp³-hybridized carbons (Fsp3) is 0.250. The summed E-state index contributed by atoms with van der Waals surface area (Å²) in [7, 11) is 1.80. The van der Waals surface area contributed by atoms with Crippen LogP contribution in [-0.4, -0.2) is 31.2 Å². The molecule has 0 aliphatic rings. The number of benzene rings is 2. The van der Waals surface area contributed by atoms with Crippen molar-refractivity contribution in [3.05, 3.63) is 82.1 Å². The van der Waals surface area contributed by atoms with E-state index in [1.54, 1.807) is 16.4 Å². The van der Waals surface area contributed by atoms with Gasteiger partial charge in [-0.2, -0.15) is 16.7 Å². The Balaban J connectivity index is 1.31. The molecule has 170 valence electrons. The van der Waals surface area contributed by atoms with E-state index in [-0.39, 0.29) is 17.9 Å². The van der Waals surface area contributed by atoms with Gasteiger partial charge in [0.1, 0.15) is 5.69 Å². The number of hydrogen-bond donors (Lipinski definition) is 1. The standard InChI is InChI=1S/C24H25N5O3S/c1-16-9-11-18(12-10-16)23-26-21(32-27-23)15-33-14-13-20(30)25-22-17(2)28(3)29(24(22)31)19-7-5-4-6-8-19/h4-12H,13-15H2,1-3H3,(H,25,30). The summed E-state index contributed by atoms with van der Waals surface area (Å²) in [5.74, 6) is 1.93. The molecule has 1 N–H and O–H groups in total. The van der Waals surface area contributed by atoms with Crippen LogP contribution in [0.15, 0.2) is 63.9 Å². The molecule has 2 aromatic carbocycles. The molecule has 33 heavy (non-hydrogen) atoms. The van der Waals surface area contributed by atoms with Gasteiger partial charge in [0.15, 0.2) is 0 Å². The third-order valence-corrected chi connectivity index (χ3v) is 6.24. The van der Waals surface area contributed by atoms with Crippen molar-refractivity contribution in [3.8, 4) is 17.1 Å². The molecule has 2 aromatic heterocycles. The summed E-state index contributed by atoms with van der Waals surface area (Å²) < 4.78 is 8.59. The molecule has 0 bridgehead atoms. The third kappa shape index (κ3) is 5.09. The van der Waals surface area contributed by atoms with Gasteiger partial charge < -0.3 is 9.84 Å².